The monoisotopic (exact) mass is 572 g/mol. The Kier molecular flexibility index (Phi) is 5.89. The third-order valence-electron chi connectivity index (χ3n) is 9.08. The van der Waals surface area contributed by atoms with Gasteiger partial charge >= 0.3 is 0 Å². The quantitative estimate of drug-likeness (QED) is 0.191. The molecule has 9 aromatic rings. The van der Waals surface area contributed by atoms with E-state index in [1.807, 2.05) is 12.1 Å². The van der Waals surface area contributed by atoms with Crippen molar-refractivity contribution in [2.24, 2.45) is 0 Å². The zero-order valence-electron chi connectivity index (χ0n) is 24.6. The highest BCUT2D eigenvalue weighted by molar-refractivity contribution is 6.22. The summed E-state index contributed by atoms with van der Waals surface area (Å²) < 4.78 is 6.19. The molecule has 0 aliphatic heterocycles. The van der Waals surface area contributed by atoms with Gasteiger partial charge in [0, 0.05) is 10.8 Å². The number of para-hydroxylation sites is 1. The summed E-state index contributed by atoms with van der Waals surface area (Å²) in [5, 5.41) is 7.34. The molecule has 1 heterocycles. The van der Waals surface area contributed by atoms with Crippen LogP contribution in [-0.2, 0) is 0 Å². The average molecular weight is 573 g/mol. The Morgan fingerprint density at radius 3 is 1.53 bits per heavy atom. The van der Waals surface area contributed by atoms with Crippen LogP contribution in [-0.4, -0.2) is 0 Å². The lowest BCUT2D eigenvalue weighted by Gasteiger charge is -2.19. The molecule has 0 aliphatic carbocycles. The van der Waals surface area contributed by atoms with Crippen LogP contribution in [0.2, 0.25) is 0 Å². The van der Waals surface area contributed by atoms with E-state index in [4.69, 9.17) is 4.42 Å². The van der Waals surface area contributed by atoms with Gasteiger partial charge in [-0.25, -0.2) is 0 Å². The molecule has 0 spiro atoms. The summed E-state index contributed by atoms with van der Waals surface area (Å²) in [5.41, 5.74) is 11.6. The second-order valence-electron chi connectivity index (χ2n) is 11.6. The molecule has 8 aromatic carbocycles. The minimum Gasteiger partial charge on any atom is -0.456 e. The Labute approximate surface area is 261 Å². The van der Waals surface area contributed by atoms with E-state index < -0.39 is 0 Å². The van der Waals surface area contributed by atoms with Crippen molar-refractivity contribution >= 4 is 43.5 Å². The van der Waals surface area contributed by atoms with E-state index in [-0.39, 0.29) is 0 Å². The summed E-state index contributed by atoms with van der Waals surface area (Å²) in [6.45, 7) is 0. The van der Waals surface area contributed by atoms with Crippen LogP contribution in [0, 0.1) is 0 Å². The van der Waals surface area contributed by atoms with Crippen LogP contribution < -0.4 is 0 Å². The maximum Gasteiger partial charge on any atom is 0.136 e. The smallest absolute Gasteiger partial charge is 0.136 e. The SMILES string of the molecule is c1ccc(-c2ccc3c(-c4ccc(-c5cccc6oc7ccccc7c56)cc4)c4ccccc4c(-c4ccccc4)c3c2)cc1. The van der Waals surface area contributed by atoms with E-state index in [1.165, 1.54) is 66.1 Å². The molecule has 0 bridgehead atoms. The highest BCUT2D eigenvalue weighted by Gasteiger charge is 2.18. The molecule has 0 fully saturated rings. The first-order valence-electron chi connectivity index (χ1n) is 15.4. The standard InChI is InChI=1S/C44H28O/c1-3-12-29(13-4-1)33-26-27-37-39(28-33)43(31-14-5-2-6-15-31)36-17-8-7-16-35(36)42(37)32-24-22-30(23-25-32)34-19-11-21-41-44(34)38-18-9-10-20-40(38)45-41/h1-28H. The van der Waals surface area contributed by atoms with Crippen molar-refractivity contribution in [1.82, 2.24) is 0 Å². The van der Waals surface area contributed by atoms with Crippen LogP contribution in [0.3, 0.4) is 0 Å². The third-order valence-corrected chi connectivity index (χ3v) is 9.08. The molecule has 0 aliphatic rings. The Hall–Kier alpha value is -5.92. The van der Waals surface area contributed by atoms with Crippen molar-refractivity contribution in [2.45, 2.75) is 0 Å². The second-order valence-corrected chi connectivity index (χ2v) is 11.6. The van der Waals surface area contributed by atoms with Crippen molar-refractivity contribution < 1.29 is 4.42 Å². The lowest BCUT2D eigenvalue weighted by molar-refractivity contribution is 0.669. The topological polar surface area (TPSA) is 13.1 Å². The molecule has 210 valence electrons. The minimum atomic E-state index is 0.917. The van der Waals surface area contributed by atoms with Crippen LogP contribution in [0.15, 0.2) is 174 Å². The Morgan fingerprint density at radius 1 is 0.289 bits per heavy atom. The molecule has 9 rings (SSSR count). The number of rotatable bonds is 4. The summed E-state index contributed by atoms with van der Waals surface area (Å²) >= 11 is 0. The first-order valence-corrected chi connectivity index (χ1v) is 15.4. The van der Waals surface area contributed by atoms with Gasteiger partial charge < -0.3 is 4.42 Å². The van der Waals surface area contributed by atoms with Gasteiger partial charge in [0.15, 0.2) is 0 Å². The van der Waals surface area contributed by atoms with E-state index in [9.17, 15) is 0 Å². The average Bonchev–Trinajstić information content (AvgIpc) is 3.50. The predicted molar refractivity (Wildman–Crippen MR) is 190 cm³/mol. The van der Waals surface area contributed by atoms with Crippen molar-refractivity contribution in [2.75, 3.05) is 0 Å². The molecule has 0 N–H and O–H groups in total. The maximum atomic E-state index is 6.19. The van der Waals surface area contributed by atoms with Crippen LogP contribution in [0.5, 0.6) is 0 Å². The molecule has 45 heavy (non-hydrogen) atoms. The predicted octanol–water partition coefficient (Wildman–Crippen LogP) is 12.6. The molecule has 1 heteroatoms. The lowest BCUT2D eigenvalue weighted by atomic mass is 9.84. The van der Waals surface area contributed by atoms with Crippen molar-refractivity contribution in [3.05, 3.63) is 170 Å². The number of fused-ring (bicyclic) bond motifs is 5. The normalized spacial score (nSPS) is 11.6. The molecule has 1 nitrogen and oxygen atoms in total. The fourth-order valence-electron chi connectivity index (χ4n) is 7.05. The van der Waals surface area contributed by atoms with Crippen molar-refractivity contribution in [3.63, 3.8) is 0 Å². The Morgan fingerprint density at radius 2 is 0.800 bits per heavy atom. The van der Waals surface area contributed by atoms with Gasteiger partial charge in [0.05, 0.1) is 0 Å². The highest BCUT2D eigenvalue weighted by Crippen LogP contribution is 2.45. The molecule has 0 unspecified atom stereocenters. The van der Waals surface area contributed by atoms with Gasteiger partial charge in [-0.3, -0.25) is 0 Å². The summed E-state index contributed by atoms with van der Waals surface area (Å²) in [5.74, 6) is 0. The lowest BCUT2D eigenvalue weighted by Crippen LogP contribution is -1.92. The Balaban J connectivity index is 1.29. The fourth-order valence-corrected chi connectivity index (χ4v) is 7.05. The number of furan rings is 1. The fraction of sp³-hybridized carbons (Fsp3) is 0. The van der Waals surface area contributed by atoms with Gasteiger partial charge in [-0.2, -0.15) is 0 Å². The summed E-state index contributed by atoms with van der Waals surface area (Å²) in [6.07, 6.45) is 0. The maximum absolute atomic E-state index is 6.19. The largest absolute Gasteiger partial charge is 0.456 e. The third kappa shape index (κ3) is 4.17. The van der Waals surface area contributed by atoms with E-state index in [2.05, 4.69) is 158 Å². The summed E-state index contributed by atoms with van der Waals surface area (Å²) in [7, 11) is 0. The van der Waals surface area contributed by atoms with Crippen LogP contribution in [0.25, 0.3) is 88.0 Å². The van der Waals surface area contributed by atoms with Crippen LogP contribution in [0.1, 0.15) is 0 Å². The highest BCUT2D eigenvalue weighted by atomic mass is 16.3. The van der Waals surface area contributed by atoms with Gasteiger partial charge in [-0.1, -0.05) is 152 Å². The number of hydrogen-bond acceptors (Lipinski definition) is 1. The van der Waals surface area contributed by atoms with Crippen molar-refractivity contribution in [1.29, 1.82) is 0 Å². The van der Waals surface area contributed by atoms with Crippen LogP contribution in [0.4, 0.5) is 0 Å². The molecule has 0 amide bonds. The van der Waals surface area contributed by atoms with E-state index in [0.29, 0.717) is 0 Å². The first-order chi connectivity index (χ1) is 22.3. The molecular weight excluding hydrogens is 544 g/mol. The van der Waals surface area contributed by atoms with E-state index in [1.54, 1.807) is 0 Å². The van der Waals surface area contributed by atoms with E-state index >= 15 is 0 Å². The Bertz CT molecular complexity index is 2500. The zero-order valence-corrected chi connectivity index (χ0v) is 24.6. The number of benzene rings is 8. The van der Waals surface area contributed by atoms with Crippen molar-refractivity contribution in [3.8, 4) is 44.5 Å². The van der Waals surface area contributed by atoms with Gasteiger partial charge in [0.2, 0.25) is 0 Å². The van der Waals surface area contributed by atoms with Gasteiger partial charge in [0.25, 0.3) is 0 Å². The number of hydrogen-bond donors (Lipinski definition) is 0. The molecule has 0 saturated carbocycles. The summed E-state index contributed by atoms with van der Waals surface area (Å²) in [4.78, 5) is 0. The molecule has 1 aromatic heterocycles. The molecule has 0 radical (unpaired) electrons. The first kappa shape index (κ1) is 25.6. The zero-order chi connectivity index (χ0) is 29.7. The molecule has 0 atom stereocenters. The molecule has 0 saturated heterocycles. The van der Waals surface area contributed by atoms with Gasteiger partial charge in [-0.05, 0) is 84.3 Å². The molecular formula is C44H28O. The van der Waals surface area contributed by atoms with E-state index in [0.717, 1.165) is 21.9 Å². The van der Waals surface area contributed by atoms with Crippen LogP contribution >= 0.6 is 0 Å². The minimum absolute atomic E-state index is 0.917. The van der Waals surface area contributed by atoms with Gasteiger partial charge in [0.1, 0.15) is 11.2 Å². The summed E-state index contributed by atoms with van der Waals surface area (Å²) in [6, 6.07) is 61.0. The second kappa shape index (κ2) is 10.4. The van der Waals surface area contributed by atoms with Gasteiger partial charge in [-0.15, -0.1) is 0 Å².